The third kappa shape index (κ3) is 2.95. The number of benzene rings is 4. The lowest BCUT2D eigenvalue weighted by atomic mass is 9.75. The van der Waals surface area contributed by atoms with Gasteiger partial charge in [0.15, 0.2) is 17.1 Å². The summed E-state index contributed by atoms with van der Waals surface area (Å²) >= 11 is 25.0. The lowest BCUT2D eigenvalue weighted by Gasteiger charge is -2.39. The number of rotatable bonds is 2. The molecule has 0 bridgehead atoms. The van der Waals surface area contributed by atoms with Gasteiger partial charge in [0.05, 0.1) is 25.7 Å². The van der Waals surface area contributed by atoms with Crippen LogP contribution < -0.4 is 0 Å². The van der Waals surface area contributed by atoms with E-state index < -0.39 is 11.6 Å². The van der Waals surface area contributed by atoms with Crippen LogP contribution in [-0.2, 0) is 10.3 Å². The minimum Gasteiger partial charge on any atom is -0.505 e. The summed E-state index contributed by atoms with van der Waals surface area (Å²) in [7, 11) is 0. The minimum absolute atomic E-state index is 0.0232. The number of esters is 1. The van der Waals surface area contributed by atoms with E-state index in [1.54, 1.807) is 12.1 Å². The predicted molar refractivity (Wildman–Crippen MR) is 125 cm³/mol. The SMILES string of the molecule is O=C1OC(c2cc(Cl)c(O)c(Cl)c2)(c2cc(Cl)c(O)c(Cl)c2)c2cccc3cccc1c23. The first kappa shape index (κ1) is 21.2. The highest BCUT2D eigenvalue weighted by Gasteiger charge is 2.47. The van der Waals surface area contributed by atoms with Crippen molar-refractivity contribution in [2.24, 2.45) is 0 Å². The minimum atomic E-state index is -1.56. The normalized spacial score (nSPS) is 14.4. The number of carbonyl (C=O) groups is 1. The van der Waals surface area contributed by atoms with Crippen LogP contribution in [0.1, 0.15) is 27.0 Å². The van der Waals surface area contributed by atoms with Gasteiger partial charge in [-0.2, -0.15) is 0 Å². The largest absolute Gasteiger partial charge is 0.505 e. The molecule has 4 nitrogen and oxygen atoms in total. The molecule has 8 heteroatoms. The smallest absolute Gasteiger partial charge is 0.340 e. The number of phenols is 2. The average Bonchev–Trinajstić information content (AvgIpc) is 2.77. The van der Waals surface area contributed by atoms with Gasteiger partial charge in [0, 0.05) is 22.1 Å². The summed E-state index contributed by atoms with van der Waals surface area (Å²) in [5, 5.41) is 21.7. The first-order valence-electron chi connectivity index (χ1n) is 9.36. The van der Waals surface area contributed by atoms with E-state index in [1.807, 2.05) is 24.3 Å². The van der Waals surface area contributed by atoms with Crippen LogP contribution in [0.4, 0.5) is 0 Å². The summed E-state index contributed by atoms with van der Waals surface area (Å²) in [6, 6.07) is 16.8. The Kier molecular flexibility index (Phi) is 4.95. The summed E-state index contributed by atoms with van der Waals surface area (Å²) in [5.74, 6) is -1.17. The third-order valence-electron chi connectivity index (χ3n) is 5.60. The molecular formula is C24H12Cl4O4. The number of ether oxygens (including phenoxy) is 1. The van der Waals surface area contributed by atoms with Gasteiger partial charge in [-0.25, -0.2) is 4.79 Å². The molecule has 4 aromatic carbocycles. The van der Waals surface area contributed by atoms with Crippen molar-refractivity contribution in [1.82, 2.24) is 0 Å². The quantitative estimate of drug-likeness (QED) is 0.280. The molecule has 1 aliphatic heterocycles. The molecule has 0 aliphatic carbocycles. The number of cyclic esters (lactones) is 1. The second-order valence-electron chi connectivity index (χ2n) is 7.36. The fourth-order valence-electron chi connectivity index (χ4n) is 4.19. The van der Waals surface area contributed by atoms with E-state index >= 15 is 0 Å². The van der Waals surface area contributed by atoms with Gasteiger partial charge >= 0.3 is 5.97 Å². The molecule has 0 radical (unpaired) electrons. The highest BCUT2D eigenvalue weighted by atomic mass is 35.5. The monoisotopic (exact) mass is 504 g/mol. The van der Waals surface area contributed by atoms with Crippen LogP contribution in [0.15, 0.2) is 60.7 Å². The van der Waals surface area contributed by atoms with Gasteiger partial charge in [0.2, 0.25) is 0 Å². The zero-order valence-electron chi connectivity index (χ0n) is 16.0. The topological polar surface area (TPSA) is 66.8 Å². The van der Waals surface area contributed by atoms with Crippen molar-refractivity contribution in [3.05, 3.63) is 103 Å². The molecular weight excluding hydrogens is 494 g/mol. The molecule has 0 saturated carbocycles. The first-order chi connectivity index (χ1) is 15.2. The lowest BCUT2D eigenvalue weighted by Crippen LogP contribution is -2.38. The number of phenolic OH excluding ortho intramolecular Hbond substituents is 2. The van der Waals surface area contributed by atoms with E-state index in [0.717, 1.165) is 5.39 Å². The Balaban J connectivity index is 1.98. The van der Waals surface area contributed by atoms with Crippen molar-refractivity contribution >= 4 is 63.1 Å². The number of carbonyl (C=O) groups excluding carboxylic acids is 1. The zero-order chi connectivity index (χ0) is 22.8. The summed E-state index contributed by atoms with van der Waals surface area (Å²) in [4.78, 5) is 13.3. The van der Waals surface area contributed by atoms with Crippen molar-refractivity contribution in [2.75, 3.05) is 0 Å². The Morgan fingerprint density at radius 1 is 0.719 bits per heavy atom. The molecule has 0 unspecified atom stereocenters. The maximum Gasteiger partial charge on any atom is 0.340 e. The van der Waals surface area contributed by atoms with E-state index in [-0.39, 0.29) is 31.6 Å². The Morgan fingerprint density at radius 2 is 1.19 bits per heavy atom. The van der Waals surface area contributed by atoms with Crippen LogP contribution in [0.5, 0.6) is 11.5 Å². The van der Waals surface area contributed by atoms with E-state index in [1.165, 1.54) is 24.3 Å². The number of hydrogen-bond donors (Lipinski definition) is 2. The number of halogens is 4. The third-order valence-corrected chi connectivity index (χ3v) is 6.75. The molecule has 0 saturated heterocycles. The summed E-state index contributed by atoms with van der Waals surface area (Å²) in [6.45, 7) is 0. The number of aromatic hydroxyl groups is 2. The van der Waals surface area contributed by atoms with Crippen LogP contribution in [0.3, 0.4) is 0 Å². The van der Waals surface area contributed by atoms with Crippen LogP contribution in [-0.4, -0.2) is 16.2 Å². The average molecular weight is 506 g/mol. The van der Waals surface area contributed by atoms with E-state index in [2.05, 4.69) is 0 Å². The van der Waals surface area contributed by atoms with Crippen molar-refractivity contribution in [2.45, 2.75) is 5.60 Å². The predicted octanol–water partition coefficient (Wildman–Crippen LogP) is 7.33. The number of hydrogen-bond acceptors (Lipinski definition) is 4. The van der Waals surface area contributed by atoms with Crippen molar-refractivity contribution in [3.8, 4) is 11.5 Å². The summed E-state index contributed by atoms with van der Waals surface area (Å²) < 4.78 is 6.13. The molecule has 0 amide bonds. The Labute approximate surface area is 202 Å². The standard InChI is InChI=1S/C24H12Cl4O4/c25-16-7-12(8-17(26)21(16)29)24(13-9-18(27)22(30)19(28)10-13)15-6-2-4-11-3-1-5-14(20(11)15)23(31)32-24/h1-10,29-30H. The van der Waals surface area contributed by atoms with Crippen LogP contribution in [0, 0.1) is 0 Å². The molecule has 1 heterocycles. The molecule has 0 aromatic heterocycles. The van der Waals surface area contributed by atoms with Crippen molar-refractivity contribution < 1.29 is 19.7 Å². The molecule has 1 aliphatic rings. The fraction of sp³-hybridized carbons (Fsp3) is 0.0417. The van der Waals surface area contributed by atoms with Gasteiger partial charge in [-0.1, -0.05) is 76.7 Å². The Morgan fingerprint density at radius 3 is 1.69 bits per heavy atom. The maximum atomic E-state index is 13.3. The molecule has 5 rings (SSSR count). The van der Waals surface area contributed by atoms with E-state index in [9.17, 15) is 15.0 Å². The van der Waals surface area contributed by atoms with Crippen LogP contribution in [0.25, 0.3) is 10.8 Å². The second kappa shape index (κ2) is 7.46. The van der Waals surface area contributed by atoms with Gasteiger partial charge < -0.3 is 14.9 Å². The van der Waals surface area contributed by atoms with E-state index in [4.69, 9.17) is 51.1 Å². The summed E-state index contributed by atoms with van der Waals surface area (Å²) in [6.07, 6.45) is 0. The van der Waals surface area contributed by atoms with Crippen LogP contribution >= 0.6 is 46.4 Å². The van der Waals surface area contributed by atoms with Crippen molar-refractivity contribution in [3.63, 3.8) is 0 Å². The Bertz CT molecular complexity index is 1340. The van der Waals surface area contributed by atoms with Gasteiger partial charge in [-0.3, -0.25) is 0 Å². The van der Waals surface area contributed by atoms with Gasteiger partial charge in [-0.15, -0.1) is 0 Å². The summed E-state index contributed by atoms with van der Waals surface area (Å²) in [5.41, 5.74) is 0.214. The molecule has 0 fully saturated rings. The molecule has 0 atom stereocenters. The van der Waals surface area contributed by atoms with Gasteiger partial charge in [0.25, 0.3) is 0 Å². The van der Waals surface area contributed by atoms with Crippen molar-refractivity contribution in [1.29, 1.82) is 0 Å². The highest BCUT2D eigenvalue weighted by Crippen LogP contribution is 2.51. The zero-order valence-corrected chi connectivity index (χ0v) is 19.0. The molecule has 4 aromatic rings. The van der Waals surface area contributed by atoms with Gasteiger partial charge in [0.1, 0.15) is 0 Å². The molecule has 160 valence electrons. The van der Waals surface area contributed by atoms with Crippen LogP contribution in [0.2, 0.25) is 20.1 Å². The fourth-order valence-corrected chi connectivity index (χ4v) is 5.16. The van der Waals surface area contributed by atoms with Gasteiger partial charge in [-0.05, 0) is 35.7 Å². The van der Waals surface area contributed by atoms with E-state index in [0.29, 0.717) is 27.6 Å². The maximum absolute atomic E-state index is 13.3. The highest BCUT2D eigenvalue weighted by molar-refractivity contribution is 6.38. The molecule has 32 heavy (non-hydrogen) atoms. The first-order valence-corrected chi connectivity index (χ1v) is 10.9. The lowest BCUT2D eigenvalue weighted by molar-refractivity contribution is 0.0125. The molecule has 2 N–H and O–H groups in total. The molecule has 0 spiro atoms. The Hall–Kier alpha value is -2.63. The second-order valence-corrected chi connectivity index (χ2v) is 8.99.